The van der Waals surface area contributed by atoms with Crippen molar-refractivity contribution in [2.45, 2.75) is 57.8 Å². The lowest BCUT2D eigenvalue weighted by Crippen LogP contribution is -2.57. The number of carboxylic acids is 1. The maximum Gasteiger partial charge on any atom is 0.326 e. The highest BCUT2D eigenvalue weighted by atomic mass is 32.1. The molecule has 0 aliphatic carbocycles. The number of H-pyrrole nitrogens is 1. The number of nitrogens with one attached hydrogen (secondary N) is 4. The van der Waals surface area contributed by atoms with Crippen LogP contribution in [-0.4, -0.2) is 68.7 Å². The van der Waals surface area contributed by atoms with Crippen molar-refractivity contribution in [1.29, 1.82) is 0 Å². The number of carboxylic acid groups (broad SMARTS) is 1. The van der Waals surface area contributed by atoms with Crippen molar-refractivity contribution in [2.24, 2.45) is 11.7 Å². The summed E-state index contributed by atoms with van der Waals surface area (Å²) < 4.78 is 0. The Morgan fingerprint density at radius 3 is 2.10 bits per heavy atom. The zero-order valence-corrected chi connectivity index (χ0v) is 18.1. The van der Waals surface area contributed by atoms with E-state index in [4.69, 9.17) is 5.73 Å². The summed E-state index contributed by atoms with van der Waals surface area (Å²) in [5, 5.41) is 16.9. The molecule has 0 aliphatic heterocycles. The Bertz CT molecular complexity index is 725. The van der Waals surface area contributed by atoms with Crippen LogP contribution < -0.4 is 21.7 Å². The van der Waals surface area contributed by atoms with E-state index >= 15 is 0 Å². The number of imidazole rings is 1. The predicted molar refractivity (Wildman–Crippen MR) is 113 cm³/mol. The average molecular weight is 443 g/mol. The molecule has 0 aromatic carbocycles. The number of thiol groups is 1. The molecule has 0 saturated carbocycles. The lowest BCUT2D eigenvalue weighted by atomic mass is 10.0. The normalized spacial score (nSPS) is 15.0. The van der Waals surface area contributed by atoms with Gasteiger partial charge >= 0.3 is 5.97 Å². The fraction of sp³-hybridized carbons (Fsp3) is 0.611. The molecule has 0 bridgehead atoms. The van der Waals surface area contributed by atoms with Gasteiger partial charge in [0.15, 0.2) is 0 Å². The molecule has 7 N–H and O–H groups in total. The van der Waals surface area contributed by atoms with Gasteiger partial charge in [-0.15, -0.1) is 0 Å². The van der Waals surface area contributed by atoms with Crippen LogP contribution >= 0.6 is 12.6 Å². The van der Waals surface area contributed by atoms with Gasteiger partial charge < -0.3 is 31.8 Å². The number of hydrogen-bond donors (Lipinski definition) is 7. The number of nitrogens with zero attached hydrogens (tertiary/aromatic N) is 1. The van der Waals surface area contributed by atoms with E-state index in [2.05, 4.69) is 38.5 Å². The first kappa shape index (κ1) is 25.4. The largest absolute Gasteiger partial charge is 0.480 e. The molecule has 0 saturated heterocycles. The Morgan fingerprint density at radius 2 is 1.63 bits per heavy atom. The zero-order chi connectivity index (χ0) is 22.8. The van der Waals surface area contributed by atoms with Gasteiger partial charge in [0.1, 0.15) is 18.1 Å². The molecular formula is C18H30N6O5S. The van der Waals surface area contributed by atoms with Crippen molar-refractivity contribution in [3.05, 3.63) is 18.2 Å². The quantitative estimate of drug-likeness (QED) is 0.199. The molecular weight excluding hydrogens is 412 g/mol. The molecule has 1 heterocycles. The number of rotatable bonds is 12. The number of aromatic nitrogens is 2. The minimum absolute atomic E-state index is 0.00210. The number of carbonyl (C=O) groups is 4. The highest BCUT2D eigenvalue weighted by molar-refractivity contribution is 7.80. The SMILES string of the molecule is CC(C)CC(NC(=O)C(CS)NC(=O)C(C)N)C(=O)NC(Cc1cnc[nH]1)C(=O)O. The van der Waals surface area contributed by atoms with Crippen LogP contribution in [0.25, 0.3) is 0 Å². The van der Waals surface area contributed by atoms with Crippen LogP contribution in [0.3, 0.4) is 0 Å². The summed E-state index contributed by atoms with van der Waals surface area (Å²) in [5.74, 6) is -2.96. The summed E-state index contributed by atoms with van der Waals surface area (Å²) in [7, 11) is 0. The molecule has 4 unspecified atom stereocenters. The van der Waals surface area contributed by atoms with E-state index in [9.17, 15) is 24.3 Å². The number of amides is 3. The van der Waals surface area contributed by atoms with Crippen LogP contribution in [0.2, 0.25) is 0 Å². The number of carbonyl (C=O) groups excluding carboxylic acids is 3. The topological polar surface area (TPSA) is 179 Å². The van der Waals surface area contributed by atoms with E-state index < -0.39 is 47.9 Å². The van der Waals surface area contributed by atoms with E-state index in [1.807, 2.05) is 13.8 Å². The van der Waals surface area contributed by atoms with Crippen LogP contribution in [0.1, 0.15) is 32.9 Å². The van der Waals surface area contributed by atoms with Crippen LogP contribution in [0.15, 0.2) is 12.5 Å². The van der Waals surface area contributed by atoms with Crippen molar-refractivity contribution in [2.75, 3.05) is 5.75 Å². The third kappa shape index (κ3) is 8.41. The van der Waals surface area contributed by atoms with E-state index in [0.29, 0.717) is 5.69 Å². The first-order chi connectivity index (χ1) is 14.0. The molecule has 4 atom stereocenters. The van der Waals surface area contributed by atoms with Crippen molar-refractivity contribution in [3.8, 4) is 0 Å². The van der Waals surface area contributed by atoms with Gasteiger partial charge in [0.25, 0.3) is 0 Å². The average Bonchev–Trinajstić information content (AvgIpc) is 3.17. The molecule has 0 spiro atoms. The Kier molecular flexibility index (Phi) is 10.3. The second-order valence-electron chi connectivity index (χ2n) is 7.40. The highest BCUT2D eigenvalue weighted by Gasteiger charge is 2.30. The van der Waals surface area contributed by atoms with Gasteiger partial charge in [0.2, 0.25) is 17.7 Å². The number of aliphatic carboxylic acids is 1. The Labute approximate surface area is 180 Å². The van der Waals surface area contributed by atoms with Crippen molar-refractivity contribution >= 4 is 36.3 Å². The first-order valence-corrected chi connectivity index (χ1v) is 10.2. The summed E-state index contributed by atoms with van der Waals surface area (Å²) in [6.45, 7) is 5.20. The maximum atomic E-state index is 12.8. The molecule has 0 radical (unpaired) electrons. The van der Waals surface area contributed by atoms with Gasteiger partial charge in [-0.3, -0.25) is 14.4 Å². The monoisotopic (exact) mass is 442 g/mol. The molecule has 1 rings (SSSR count). The van der Waals surface area contributed by atoms with Crippen LogP contribution in [0.5, 0.6) is 0 Å². The lowest BCUT2D eigenvalue weighted by Gasteiger charge is -2.25. The van der Waals surface area contributed by atoms with Crippen molar-refractivity contribution in [3.63, 3.8) is 0 Å². The number of nitrogens with two attached hydrogens (primary N) is 1. The van der Waals surface area contributed by atoms with Crippen LogP contribution in [-0.2, 0) is 25.6 Å². The summed E-state index contributed by atoms with van der Waals surface area (Å²) in [6.07, 6.45) is 3.15. The third-order valence-corrected chi connectivity index (χ3v) is 4.53. The summed E-state index contributed by atoms with van der Waals surface area (Å²) >= 11 is 4.07. The fourth-order valence-electron chi connectivity index (χ4n) is 2.56. The summed E-state index contributed by atoms with van der Waals surface area (Å²) in [4.78, 5) is 55.3. The molecule has 1 aromatic heterocycles. The molecule has 0 fully saturated rings. The third-order valence-electron chi connectivity index (χ3n) is 4.16. The number of aromatic amines is 1. The first-order valence-electron chi connectivity index (χ1n) is 9.52. The van der Waals surface area contributed by atoms with Gasteiger partial charge in [-0.1, -0.05) is 13.8 Å². The fourth-order valence-corrected chi connectivity index (χ4v) is 2.82. The highest BCUT2D eigenvalue weighted by Crippen LogP contribution is 2.07. The Balaban J connectivity index is 2.87. The van der Waals surface area contributed by atoms with Crippen LogP contribution in [0.4, 0.5) is 0 Å². The van der Waals surface area contributed by atoms with Gasteiger partial charge in [-0.2, -0.15) is 12.6 Å². The maximum absolute atomic E-state index is 12.8. The molecule has 168 valence electrons. The minimum atomic E-state index is -1.22. The molecule has 30 heavy (non-hydrogen) atoms. The van der Waals surface area contributed by atoms with Crippen LogP contribution in [0, 0.1) is 5.92 Å². The van der Waals surface area contributed by atoms with Crippen molar-refractivity contribution in [1.82, 2.24) is 25.9 Å². The molecule has 12 heteroatoms. The zero-order valence-electron chi connectivity index (χ0n) is 17.2. The van der Waals surface area contributed by atoms with E-state index in [-0.39, 0.29) is 24.5 Å². The Morgan fingerprint density at radius 1 is 1.07 bits per heavy atom. The summed E-state index contributed by atoms with van der Waals surface area (Å²) in [6, 6.07) is -4.00. The standard InChI is InChI=1S/C18H30N6O5S/c1-9(2)4-12(22-17(27)14(7-30)24-15(25)10(3)19)16(26)23-13(18(28)29)5-11-6-20-8-21-11/h6,8-10,12-14,30H,4-5,7,19H2,1-3H3,(H,20,21)(H,22,27)(H,23,26)(H,24,25)(H,28,29). The van der Waals surface area contributed by atoms with E-state index in [1.165, 1.54) is 19.4 Å². The molecule has 11 nitrogen and oxygen atoms in total. The van der Waals surface area contributed by atoms with Crippen molar-refractivity contribution < 1.29 is 24.3 Å². The predicted octanol–water partition coefficient (Wildman–Crippen LogP) is -1.19. The smallest absolute Gasteiger partial charge is 0.326 e. The second kappa shape index (κ2) is 12.2. The van der Waals surface area contributed by atoms with Gasteiger partial charge in [0.05, 0.1) is 12.4 Å². The summed E-state index contributed by atoms with van der Waals surface area (Å²) in [5.41, 5.74) is 6.04. The van der Waals surface area contributed by atoms with Gasteiger partial charge in [0, 0.05) is 24.1 Å². The number of hydrogen-bond acceptors (Lipinski definition) is 7. The second-order valence-corrected chi connectivity index (χ2v) is 7.77. The molecule has 1 aromatic rings. The Hall–Kier alpha value is -2.60. The van der Waals surface area contributed by atoms with E-state index in [1.54, 1.807) is 0 Å². The molecule has 3 amide bonds. The van der Waals surface area contributed by atoms with Gasteiger partial charge in [-0.25, -0.2) is 9.78 Å². The molecule has 0 aliphatic rings. The minimum Gasteiger partial charge on any atom is -0.480 e. The lowest BCUT2D eigenvalue weighted by molar-refractivity contribution is -0.142. The van der Waals surface area contributed by atoms with E-state index in [0.717, 1.165) is 0 Å². The van der Waals surface area contributed by atoms with Gasteiger partial charge in [-0.05, 0) is 19.3 Å².